The normalized spacial score (nSPS) is 17.1. The second kappa shape index (κ2) is 10.3. The summed E-state index contributed by atoms with van der Waals surface area (Å²) in [5.74, 6) is -1.46. The Bertz CT molecular complexity index is 1020. The molecule has 0 spiro atoms. The highest BCUT2D eigenvalue weighted by Gasteiger charge is 2.38. The van der Waals surface area contributed by atoms with E-state index < -0.39 is 17.9 Å². The fourth-order valence-electron chi connectivity index (χ4n) is 4.07. The van der Waals surface area contributed by atoms with Crippen LogP contribution in [0.15, 0.2) is 29.6 Å². The van der Waals surface area contributed by atoms with Crippen LogP contribution in [0.5, 0.6) is 5.75 Å². The van der Waals surface area contributed by atoms with Crippen LogP contribution in [0, 0.1) is 0 Å². The zero-order valence-electron chi connectivity index (χ0n) is 18.2. The third-order valence-corrected chi connectivity index (χ3v) is 6.89. The van der Waals surface area contributed by atoms with E-state index in [9.17, 15) is 14.4 Å². The molecule has 3 N–H and O–H groups in total. The van der Waals surface area contributed by atoms with Crippen LogP contribution in [0.2, 0.25) is 0 Å². The first-order valence-electron chi connectivity index (χ1n) is 10.9. The van der Waals surface area contributed by atoms with Gasteiger partial charge in [-0.2, -0.15) is 0 Å². The van der Waals surface area contributed by atoms with Gasteiger partial charge in [0.05, 0.1) is 19.8 Å². The van der Waals surface area contributed by atoms with Crippen molar-refractivity contribution in [2.24, 2.45) is 5.73 Å². The summed E-state index contributed by atoms with van der Waals surface area (Å²) in [6.45, 7) is 4.86. The second-order valence-electron chi connectivity index (χ2n) is 8.18. The molecular weight excluding hydrogens is 446 g/mol. The van der Waals surface area contributed by atoms with E-state index in [1.165, 1.54) is 21.8 Å². The molecule has 4 rings (SSSR count). The van der Waals surface area contributed by atoms with Gasteiger partial charge in [-0.3, -0.25) is 19.3 Å². The summed E-state index contributed by atoms with van der Waals surface area (Å²) in [4.78, 5) is 39.8. The number of nitrogens with zero attached hydrogens (tertiary/aromatic N) is 2. The van der Waals surface area contributed by atoms with Crippen LogP contribution in [0.4, 0.5) is 0 Å². The number of thiophene rings is 1. The zero-order chi connectivity index (χ0) is 23.4. The number of morpholine rings is 1. The van der Waals surface area contributed by atoms with E-state index in [1.54, 1.807) is 5.38 Å². The zero-order valence-corrected chi connectivity index (χ0v) is 19.0. The smallest absolute Gasteiger partial charge is 0.303 e. The minimum absolute atomic E-state index is 0.0155. The third kappa shape index (κ3) is 5.52. The van der Waals surface area contributed by atoms with E-state index in [0.29, 0.717) is 17.2 Å². The van der Waals surface area contributed by atoms with Gasteiger partial charge in [0, 0.05) is 37.0 Å². The first kappa shape index (κ1) is 23.2. The number of primary amides is 1. The first-order valence-corrected chi connectivity index (χ1v) is 11.7. The minimum atomic E-state index is -1.04. The molecule has 1 atom stereocenters. The van der Waals surface area contributed by atoms with Gasteiger partial charge in [0.2, 0.25) is 5.91 Å². The van der Waals surface area contributed by atoms with Gasteiger partial charge in [0.15, 0.2) is 0 Å². The van der Waals surface area contributed by atoms with E-state index in [0.717, 1.165) is 44.0 Å². The molecule has 9 nitrogen and oxygen atoms in total. The van der Waals surface area contributed by atoms with Crippen molar-refractivity contribution in [2.75, 3.05) is 26.3 Å². The minimum Gasteiger partial charge on any atom is -0.488 e. The van der Waals surface area contributed by atoms with Gasteiger partial charge in [0.25, 0.3) is 5.91 Å². The summed E-state index contributed by atoms with van der Waals surface area (Å²) in [5, 5.41) is 10.7. The van der Waals surface area contributed by atoms with Gasteiger partial charge < -0.3 is 25.2 Å². The van der Waals surface area contributed by atoms with Crippen molar-refractivity contribution < 1.29 is 29.0 Å². The Hall–Kier alpha value is -2.95. The highest BCUT2D eigenvalue weighted by atomic mass is 32.1. The number of rotatable bonds is 10. The molecule has 1 aromatic heterocycles. The molecule has 1 unspecified atom stereocenters. The maximum absolute atomic E-state index is 12.8. The number of fused-ring (bicyclic) bond motifs is 1. The molecule has 0 aliphatic carbocycles. The Labute approximate surface area is 195 Å². The molecule has 1 saturated heterocycles. The Morgan fingerprint density at radius 3 is 2.55 bits per heavy atom. The number of ether oxygens (including phenoxy) is 2. The Morgan fingerprint density at radius 2 is 1.88 bits per heavy atom. The number of hydrogen-bond acceptors (Lipinski definition) is 7. The van der Waals surface area contributed by atoms with E-state index in [2.05, 4.69) is 17.0 Å². The van der Waals surface area contributed by atoms with Gasteiger partial charge in [-0.05, 0) is 17.5 Å². The number of amides is 2. The number of hydrogen-bond donors (Lipinski definition) is 2. The predicted molar refractivity (Wildman–Crippen MR) is 121 cm³/mol. The number of carboxylic acid groups (broad SMARTS) is 1. The first-order chi connectivity index (χ1) is 15.9. The van der Waals surface area contributed by atoms with Crippen LogP contribution in [-0.2, 0) is 34.0 Å². The van der Waals surface area contributed by atoms with Gasteiger partial charge in [-0.15, -0.1) is 11.3 Å². The van der Waals surface area contributed by atoms with E-state index in [-0.39, 0.29) is 25.3 Å². The Balaban J connectivity index is 1.36. The van der Waals surface area contributed by atoms with Crippen molar-refractivity contribution in [3.8, 4) is 5.75 Å². The van der Waals surface area contributed by atoms with E-state index >= 15 is 0 Å². The third-order valence-electron chi connectivity index (χ3n) is 5.90. The maximum Gasteiger partial charge on any atom is 0.303 e. The lowest BCUT2D eigenvalue weighted by Crippen LogP contribution is -2.45. The molecule has 33 heavy (non-hydrogen) atoms. The summed E-state index contributed by atoms with van der Waals surface area (Å²) in [5.41, 5.74) is 8.41. The standard InChI is InChI=1S/C23H27N3O6S/c24-22(29)18(5-6-20(27)28)26-12-17-19(14-33-21(17)23(26)30)32-13-16-3-1-15(2-4-16)11-25-7-9-31-10-8-25/h1-4,14,18H,5-13H2,(H2,24,29)(H,27,28). The van der Waals surface area contributed by atoms with Crippen molar-refractivity contribution >= 4 is 29.1 Å². The summed E-state index contributed by atoms with van der Waals surface area (Å²) < 4.78 is 11.4. The molecule has 3 heterocycles. The molecular formula is C23H27N3O6S. The Morgan fingerprint density at radius 1 is 1.18 bits per heavy atom. The van der Waals surface area contributed by atoms with Crippen LogP contribution >= 0.6 is 11.3 Å². The molecule has 10 heteroatoms. The van der Waals surface area contributed by atoms with Crippen molar-refractivity contribution in [3.05, 3.63) is 51.2 Å². The number of carboxylic acids is 1. The van der Waals surface area contributed by atoms with Crippen molar-refractivity contribution in [1.29, 1.82) is 0 Å². The Kier molecular flexibility index (Phi) is 7.26. The number of benzene rings is 1. The lowest BCUT2D eigenvalue weighted by molar-refractivity contribution is -0.137. The van der Waals surface area contributed by atoms with Gasteiger partial charge in [-0.1, -0.05) is 24.3 Å². The quantitative estimate of drug-likeness (QED) is 0.540. The van der Waals surface area contributed by atoms with E-state index in [4.69, 9.17) is 20.3 Å². The van der Waals surface area contributed by atoms with Gasteiger partial charge >= 0.3 is 5.97 Å². The highest BCUT2D eigenvalue weighted by molar-refractivity contribution is 7.12. The molecule has 0 bridgehead atoms. The summed E-state index contributed by atoms with van der Waals surface area (Å²) >= 11 is 1.26. The molecule has 2 amide bonds. The summed E-state index contributed by atoms with van der Waals surface area (Å²) in [6.07, 6.45) is -0.256. The highest BCUT2D eigenvalue weighted by Crippen LogP contribution is 2.38. The molecule has 176 valence electrons. The number of aliphatic carboxylic acids is 1. The summed E-state index contributed by atoms with van der Waals surface area (Å²) in [7, 11) is 0. The monoisotopic (exact) mass is 473 g/mol. The largest absolute Gasteiger partial charge is 0.488 e. The van der Waals surface area contributed by atoms with E-state index in [1.807, 2.05) is 12.1 Å². The van der Waals surface area contributed by atoms with Crippen LogP contribution in [0.25, 0.3) is 0 Å². The lowest BCUT2D eigenvalue weighted by atomic mass is 10.1. The lowest BCUT2D eigenvalue weighted by Gasteiger charge is -2.26. The van der Waals surface area contributed by atoms with Gasteiger partial charge in [-0.25, -0.2) is 0 Å². The molecule has 2 aliphatic rings. The topological polar surface area (TPSA) is 122 Å². The molecule has 1 aromatic carbocycles. The van der Waals surface area contributed by atoms with Crippen LogP contribution in [0.1, 0.15) is 39.2 Å². The van der Waals surface area contributed by atoms with Crippen LogP contribution in [-0.4, -0.2) is 65.0 Å². The van der Waals surface area contributed by atoms with Gasteiger partial charge in [0.1, 0.15) is 23.3 Å². The fraction of sp³-hybridized carbons (Fsp3) is 0.435. The molecule has 2 aromatic rings. The predicted octanol–water partition coefficient (Wildman–Crippen LogP) is 1.83. The molecule has 2 aliphatic heterocycles. The second-order valence-corrected chi connectivity index (χ2v) is 9.06. The fourth-order valence-corrected chi connectivity index (χ4v) is 5.03. The van der Waals surface area contributed by atoms with Crippen molar-refractivity contribution in [3.63, 3.8) is 0 Å². The van der Waals surface area contributed by atoms with Crippen LogP contribution < -0.4 is 10.5 Å². The molecule has 0 radical (unpaired) electrons. The average molecular weight is 474 g/mol. The average Bonchev–Trinajstić information content (AvgIpc) is 3.34. The van der Waals surface area contributed by atoms with Crippen molar-refractivity contribution in [1.82, 2.24) is 9.80 Å². The van der Waals surface area contributed by atoms with Crippen molar-refractivity contribution in [2.45, 2.75) is 38.6 Å². The maximum atomic E-state index is 12.8. The SMILES string of the molecule is NC(=O)C(CCC(=O)O)N1Cc2c(OCc3ccc(CN4CCOCC4)cc3)csc2C1=O. The summed E-state index contributed by atoms with van der Waals surface area (Å²) in [6, 6.07) is 7.30. The number of carbonyl (C=O) groups excluding carboxylic acids is 2. The molecule has 1 fully saturated rings. The number of carbonyl (C=O) groups is 3. The number of nitrogens with two attached hydrogens (primary N) is 1. The molecule has 0 saturated carbocycles. The van der Waals surface area contributed by atoms with Crippen LogP contribution in [0.3, 0.4) is 0 Å².